The van der Waals surface area contributed by atoms with Crippen LogP contribution < -0.4 is 5.32 Å². The Hall–Kier alpha value is -2.41. The van der Waals surface area contributed by atoms with Crippen LogP contribution >= 0.6 is 0 Å². The summed E-state index contributed by atoms with van der Waals surface area (Å²) < 4.78 is 0. The monoisotopic (exact) mass is 395 g/mol. The highest BCUT2D eigenvalue weighted by atomic mass is 16.4. The van der Waals surface area contributed by atoms with Crippen molar-refractivity contribution in [2.24, 2.45) is 0 Å². The minimum absolute atomic E-state index is 0.191. The van der Waals surface area contributed by atoms with E-state index in [-0.39, 0.29) is 6.54 Å². The van der Waals surface area contributed by atoms with Crippen LogP contribution in [0.3, 0.4) is 0 Å². The Bertz CT molecular complexity index is 643. The molecule has 0 spiro atoms. The topological polar surface area (TPSA) is 124 Å². The van der Waals surface area contributed by atoms with Crippen LogP contribution in [-0.2, 0) is 14.4 Å². The number of aliphatic hydroxyl groups is 1. The second-order valence-corrected chi connectivity index (χ2v) is 7.35. The highest BCUT2D eigenvalue weighted by molar-refractivity contribution is 5.90. The summed E-state index contributed by atoms with van der Waals surface area (Å²) >= 11 is 0. The quantitative estimate of drug-likeness (QED) is 0.355. The Morgan fingerprint density at radius 3 is 1.89 bits per heavy atom. The molecule has 0 aliphatic rings. The number of hydrogen-bond acceptors (Lipinski definition) is 4. The molecule has 1 atom stereocenters. The summed E-state index contributed by atoms with van der Waals surface area (Å²) in [6.45, 7) is 8.41. The predicted octanol–water partition coefficient (Wildman–Crippen LogP) is 3.20. The van der Waals surface area contributed by atoms with Crippen molar-refractivity contribution in [2.45, 2.75) is 71.8 Å². The first-order valence-corrected chi connectivity index (χ1v) is 9.35. The van der Waals surface area contributed by atoms with E-state index in [2.05, 4.69) is 38.2 Å². The van der Waals surface area contributed by atoms with Crippen molar-refractivity contribution in [1.82, 2.24) is 5.32 Å². The maximum atomic E-state index is 11.8. The van der Waals surface area contributed by atoms with E-state index in [1.165, 1.54) is 11.1 Å². The lowest BCUT2D eigenvalue weighted by Crippen LogP contribution is -2.45. The Morgan fingerprint density at radius 2 is 1.39 bits per heavy atom. The van der Waals surface area contributed by atoms with Crippen LogP contribution in [0.15, 0.2) is 34.9 Å². The SMILES string of the molecule is CC(C)=CCC/C(C)=C/CC/C(C)=C/CNC(=O)CC(O)(CC(=O)O)C(=O)O. The molecule has 0 heterocycles. The highest BCUT2D eigenvalue weighted by Gasteiger charge is 2.40. The summed E-state index contributed by atoms with van der Waals surface area (Å²) in [5.41, 5.74) is 1.12. The van der Waals surface area contributed by atoms with E-state index in [0.717, 1.165) is 31.3 Å². The van der Waals surface area contributed by atoms with Crippen molar-refractivity contribution < 1.29 is 29.7 Å². The molecule has 0 saturated heterocycles. The molecule has 0 fully saturated rings. The summed E-state index contributed by atoms with van der Waals surface area (Å²) in [6.07, 6.45) is 8.20. The summed E-state index contributed by atoms with van der Waals surface area (Å²) in [5.74, 6) is -3.94. The van der Waals surface area contributed by atoms with Crippen molar-refractivity contribution in [3.05, 3.63) is 34.9 Å². The van der Waals surface area contributed by atoms with Crippen LogP contribution in [0.4, 0.5) is 0 Å². The first kappa shape index (κ1) is 25.6. The highest BCUT2D eigenvalue weighted by Crippen LogP contribution is 2.16. The smallest absolute Gasteiger partial charge is 0.336 e. The van der Waals surface area contributed by atoms with E-state index < -0.39 is 36.3 Å². The largest absolute Gasteiger partial charge is 0.481 e. The van der Waals surface area contributed by atoms with Crippen molar-refractivity contribution in [3.8, 4) is 0 Å². The van der Waals surface area contributed by atoms with Gasteiger partial charge >= 0.3 is 11.9 Å². The van der Waals surface area contributed by atoms with Gasteiger partial charge in [-0.05, 0) is 53.4 Å². The molecule has 0 aromatic heterocycles. The first-order valence-electron chi connectivity index (χ1n) is 9.35. The Labute approximate surface area is 166 Å². The number of carboxylic acid groups (broad SMARTS) is 2. The van der Waals surface area contributed by atoms with E-state index in [1.54, 1.807) is 0 Å². The van der Waals surface area contributed by atoms with E-state index in [1.807, 2.05) is 13.0 Å². The van der Waals surface area contributed by atoms with E-state index in [9.17, 15) is 19.5 Å². The zero-order valence-electron chi connectivity index (χ0n) is 17.2. The summed E-state index contributed by atoms with van der Waals surface area (Å²) in [6, 6.07) is 0. The molecule has 0 aromatic carbocycles. The lowest BCUT2D eigenvalue weighted by atomic mass is 9.95. The number of carboxylic acids is 2. The molecule has 7 heteroatoms. The summed E-state index contributed by atoms with van der Waals surface area (Å²) in [5, 5.41) is 29.9. The van der Waals surface area contributed by atoms with Crippen LogP contribution in [0.5, 0.6) is 0 Å². The molecule has 158 valence electrons. The minimum atomic E-state index is -2.61. The van der Waals surface area contributed by atoms with E-state index >= 15 is 0 Å². The number of aliphatic carboxylic acids is 2. The third-order valence-electron chi connectivity index (χ3n) is 4.17. The molecule has 0 saturated carbocycles. The van der Waals surface area contributed by atoms with Crippen molar-refractivity contribution in [2.75, 3.05) is 6.54 Å². The number of amides is 1. The second kappa shape index (κ2) is 12.9. The molecule has 0 aromatic rings. The van der Waals surface area contributed by atoms with Gasteiger partial charge in [-0.25, -0.2) is 4.79 Å². The van der Waals surface area contributed by atoms with Crippen LogP contribution in [-0.4, -0.2) is 45.3 Å². The lowest BCUT2D eigenvalue weighted by molar-refractivity contribution is -0.167. The lowest BCUT2D eigenvalue weighted by Gasteiger charge is -2.20. The molecule has 0 radical (unpaired) electrons. The molecule has 7 nitrogen and oxygen atoms in total. The number of allylic oxidation sites excluding steroid dienone is 5. The van der Waals surface area contributed by atoms with Gasteiger partial charge in [0, 0.05) is 6.54 Å². The van der Waals surface area contributed by atoms with Crippen LogP contribution in [0.1, 0.15) is 66.2 Å². The van der Waals surface area contributed by atoms with Gasteiger partial charge in [0.05, 0.1) is 12.8 Å². The standard InChI is InChI=1S/C21H33NO6/c1-15(2)7-5-8-16(3)9-6-10-17(4)11-12-22-18(23)13-21(28,20(26)27)14-19(24)25/h7,9,11,28H,5-6,8,10,12-14H2,1-4H3,(H,22,23)(H,24,25)(H,26,27)/b16-9+,17-11+. The molecule has 1 unspecified atom stereocenters. The average molecular weight is 395 g/mol. The third kappa shape index (κ3) is 12.1. The normalized spacial score (nSPS) is 14.2. The molecule has 0 aliphatic carbocycles. The van der Waals surface area contributed by atoms with Gasteiger partial charge in [0.15, 0.2) is 5.60 Å². The molecule has 0 bridgehead atoms. The molecule has 0 rings (SSSR count). The fourth-order valence-electron chi connectivity index (χ4n) is 2.47. The van der Waals surface area contributed by atoms with Crippen LogP contribution in [0.25, 0.3) is 0 Å². The van der Waals surface area contributed by atoms with Gasteiger partial charge in [0.25, 0.3) is 0 Å². The van der Waals surface area contributed by atoms with Gasteiger partial charge < -0.3 is 20.6 Å². The molecule has 28 heavy (non-hydrogen) atoms. The molecular formula is C21H33NO6. The van der Waals surface area contributed by atoms with E-state index in [4.69, 9.17) is 10.2 Å². The van der Waals surface area contributed by atoms with Gasteiger partial charge in [-0.1, -0.05) is 34.9 Å². The van der Waals surface area contributed by atoms with E-state index in [0.29, 0.717) is 0 Å². The van der Waals surface area contributed by atoms with Crippen LogP contribution in [0.2, 0.25) is 0 Å². The zero-order valence-corrected chi connectivity index (χ0v) is 17.2. The molecule has 4 N–H and O–H groups in total. The van der Waals surface area contributed by atoms with Gasteiger partial charge in [-0.15, -0.1) is 0 Å². The number of carbonyl (C=O) groups excluding carboxylic acids is 1. The van der Waals surface area contributed by atoms with Gasteiger partial charge in [0.2, 0.25) is 5.91 Å². The number of rotatable bonds is 13. The summed E-state index contributed by atoms with van der Waals surface area (Å²) in [4.78, 5) is 33.5. The molecule has 1 amide bonds. The van der Waals surface area contributed by atoms with Crippen molar-refractivity contribution >= 4 is 17.8 Å². The van der Waals surface area contributed by atoms with Crippen molar-refractivity contribution in [3.63, 3.8) is 0 Å². The maximum Gasteiger partial charge on any atom is 0.336 e. The Morgan fingerprint density at radius 1 is 0.857 bits per heavy atom. The molecule has 0 aliphatic heterocycles. The van der Waals surface area contributed by atoms with Gasteiger partial charge in [-0.2, -0.15) is 0 Å². The number of nitrogens with one attached hydrogen (secondary N) is 1. The van der Waals surface area contributed by atoms with Crippen molar-refractivity contribution in [1.29, 1.82) is 0 Å². The minimum Gasteiger partial charge on any atom is -0.481 e. The van der Waals surface area contributed by atoms with Gasteiger partial charge in [0.1, 0.15) is 0 Å². The second-order valence-electron chi connectivity index (χ2n) is 7.35. The fraction of sp³-hybridized carbons (Fsp3) is 0.571. The Balaban J connectivity index is 4.36. The number of carbonyl (C=O) groups is 3. The molecular weight excluding hydrogens is 362 g/mol. The average Bonchev–Trinajstić information content (AvgIpc) is 2.53. The zero-order chi connectivity index (χ0) is 21.7. The summed E-state index contributed by atoms with van der Waals surface area (Å²) in [7, 11) is 0. The third-order valence-corrected chi connectivity index (χ3v) is 4.17. The fourth-order valence-corrected chi connectivity index (χ4v) is 2.47. The number of hydrogen-bond donors (Lipinski definition) is 4. The van der Waals surface area contributed by atoms with Gasteiger partial charge in [-0.3, -0.25) is 9.59 Å². The Kier molecular flexibility index (Phi) is 11.8. The maximum absolute atomic E-state index is 11.8. The van der Waals surface area contributed by atoms with Crippen LogP contribution in [0, 0.1) is 0 Å². The first-order chi connectivity index (χ1) is 13.0. The predicted molar refractivity (Wildman–Crippen MR) is 108 cm³/mol.